The van der Waals surface area contributed by atoms with E-state index in [0.717, 1.165) is 61.4 Å². The van der Waals surface area contributed by atoms with Crippen LogP contribution in [0.25, 0.3) is 11.0 Å². The normalized spacial score (nSPS) is 17.1. The molecule has 5 rings (SSSR count). The second kappa shape index (κ2) is 10.4. The number of anilines is 1. The van der Waals surface area contributed by atoms with Crippen molar-refractivity contribution in [3.63, 3.8) is 0 Å². The van der Waals surface area contributed by atoms with Gasteiger partial charge in [-0.1, -0.05) is 35.9 Å². The standard InChI is InChI=1S/C28H33FN4O/c29-24-12-10-22(11-13-24)20-33-26-9-5-4-8-25(26)31-28(33)32-18-15-23(16-19-32)27(34)30-17-14-21-6-2-1-3-7-21/h4-6,8-13,23H,1-3,7,14-20H2,(H,30,34). The molecule has 178 valence electrons. The quantitative estimate of drug-likeness (QED) is 0.477. The fraction of sp³-hybridized carbons (Fsp3) is 0.429. The second-order valence-electron chi connectivity index (χ2n) is 9.52. The summed E-state index contributed by atoms with van der Waals surface area (Å²) in [6.45, 7) is 2.98. The minimum absolute atomic E-state index is 0.0616. The number of hydrogen-bond acceptors (Lipinski definition) is 3. The predicted octanol–water partition coefficient (Wildman–Crippen LogP) is 5.45. The Hall–Kier alpha value is -3.15. The average Bonchev–Trinajstić information content (AvgIpc) is 3.24. The fourth-order valence-electron chi connectivity index (χ4n) is 5.20. The van der Waals surface area contributed by atoms with Crippen LogP contribution in [0, 0.1) is 11.7 Å². The Kier molecular flexibility index (Phi) is 6.93. The van der Waals surface area contributed by atoms with Gasteiger partial charge in [-0.3, -0.25) is 4.79 Å². The molecule has 2 aromatic carbocycles. The van der Waals surface area contributed by atoms with Crippen molar-refractivity contribution in [3.05, 3.63) is 71.6 Å². The number of nitrogens with one attached hydrogen (secondary N) is 1. The van der Waals surface area contributed by atoms with Crippen molar-refractivity contribution in [3.8, 4) is 0 Å². The molecule has 0 atom stereocenters. The Balaban J connectivity index is 1.23. The number of rotatable bonds is 7. The summed E-state index contributed by atoms with van der Waals surface area (Å²) in [6, 6.07) is 14.8. The molecule has 0 saturated carbocycles. The first kappa shape index (κ1) is 22.6. The molecule has 0 unspecified atom stereocenters. The van der Waals surface area contributed by atoms with E-state index >= 15 is 0 Å². The molecule has 1 amide bonds. The average molecular weight is 461 g/mol. The van der Waals surface area contributed by atoms with Gasteiger partial charge >= 0.3 is 0 Å². The maximum absolute atomic E-state index is 13.4. The first-order valence-electron chi connectivity index (χ1n) is 12.6. The SMILES string of the molecule is O=C(NCCC1=CCCCC1)C1CCN(c2nc3ccccc3n2Cc2ccc(F)cc2)CC1. The molecule has 1 aromatic heterocycles. The van der Waals surface area contributed by atoms with Crippen molar-refractivity contribution in [2.75, 3.05) is 24.5 Å². The number of nitrogens with zero attached hydrogens (tertiary/aromatic N) is 3. The van der Waals surface area contributed by atoms with Gasteiger partial charge in [-0.2, -0.15) is 0 Å². The number of imidazole rings is 1. The van der Waals surface area contributed by atoms with Gasteiger partial charge in [0, 0.05) is 25.6 Å². The molecule has 34 heavy (non-hydrogen) atoms. The Morgan fingerprint density at radius 3 is 2.62 bits per heavy atom. The molecule has 2 heterocycles. The lowest BCUT2D eigenvalue weighted by Gasteiger charge is -2.32. The fourth-order valence-corrected chi connectivity index (χ4v) is 5.20. The molecule has 1 fully saturated rings. The summed E-state index contributed by atoms with van der Waals surface area (Å²) in [5, 5.41) is 3.17. The third-order valence-corrected chi connectivity index (χ3v) is 7.17. The summed E-state index contributed by atoms with van der Waals surface area (Å²) in [6.07, 6.45) is 9.95. The highest BCUT2D eigenvalue weighted by Gasteiger charge is 2.27. The molecule has 0 spiro atoms. The monoisotopic (exact) mass is 460 g/mol. The summed E-state index contributed by atoms with van der Waals surface area (Å²) in [7, 11) is 0. The number of hydrogen-bond donors (Lipinski definition) is 1. The predicted molar refractivity (Wildman–Crippen MR) is 134 cm³/mol. The molecular weight excluding hydrogens is 427 g/mol. The number of carbonyl (C=O) groups excluding carboxylic acids is 1. The van der Waals surface area contributed by atoms with Crippen molar-refractivity contribution < 1.29 is 9.18 Å². The molecule has 2 aliphatic rings. The summed E-state index contributed by atoms with van der Waals surface area (Å²) < 4.78 is 15.6. The van der Waals surface area contributed by atoms with E-state index < -0.39 is 0 Å². The van der Waals surface area contributed by atoms with Crippen LogP contribution in [-0.2, 0) is 11.3 Å². The number of para-hydroxylation sites is 2. The Bertz CT molecular complexity index is 1160. The number of halogens is 1. The number of amides is 1. The second-order valence-corrected chi connectivity index (χ2v) is 9.52. The zero-order valence-corrected chi connectivity index (χ0v) is 19.7. The van der Waals surface area contributed by atoms with E-state index in [9.17, 15) is 9.18 Å². The molecule has 0 bridgehead atoms. The zero-order valence-electron chi connectivity index (χ0n) is 19.7. The molecule has 5 nitrogen and oxygen atoms in total. The van der Waals surface area contributed by atoms with Crippen LogP contribution < -0.4 is 10.2 Å². The minimum Gasteiger partial charge on any atom is -0.356 e. The lowest BCUT2D eigenvalue weighted by Crippen LogP contribution is -2.41. The van der Waals surface area contributed by atoms with Crippen molar-refractivity contribution in [1.82, 2.24) is 14.9 Å². The lowest BCUT2D eigenvalue weighted by molar-refractivity contribution is -0.125. The van der Waals surface area contributed by atoms with E-state index in [4.69, 9.17) is 4.98 Å². The smallest absolute Gasteiger partial charge is 0.223 e. The number of aromatic nitrogens is 2. The Morgan fingerprint density at radius 1 is 1.06 bits per heavy atom. The van der Waals surface area contributed by atoms with Crippen molar-refractivity contribution in [1.29, 1.82) is 0 Å². The van der Waals surface area contributed by atoms with Gasteiger partial charge in [0.05, 0.1) is 17.6 Å². The van der Waals surface area contributed by atoms with E-state index in [1.165, 1.54) is 43.4 Å². The summed E-state index contributed by atoms with van der Waals surface area (Å²) in [5.74, 6) is 0.950. The van der Waals surface area contributed by atoms with Gasteiger partial charge in [-0.05, 0) is 74.8 Å². The van der Waals surface area contributed by atoms with Crippen molar-refractivity contribution in [2.24, 2.45) is 5.92 Å². The maximum atomic E-state index is 13.4. The van der Waals surface area contributed by atoms with E-state index in [1.807, 2.05) is 30.3 Å². The van der Waals surface area contributed by atoms with Crippen LogP contribution in [0.4, 0.5) is 10.3 Å². The first-order chi connectivity index (χ1) is 16.7. The van der Waals surface area contributed by atoms with Gasteiger partial charge in [0.1, 0.15) is 5.82 Å². The van der Waals surface area contributed by atoms with E-state index in [-0.39, 0.29) is 17.6 Å². The van der Waals surface area contributed by atoms with Crippen LogP contribution in [0.2, 0.25) is 0 Å². The molecule has 1 N–H and O–H groups in total. The van der Waals surface area contributed by atoms with Crippen molar-refractivity contribution >= 4 is 22.9 Å². The molecular formula is C28H33FN4O. The van der Waals surface area contributed by atoms with E-state index in [2.05, 4.69) is 26.9 Å². The largest absolute Gasteiger partial charge is 0.356 e. The van der Waals surface area contributed by atoms with Crippen LogP contribution in [0.3, 0.4) is 0 Å². The number of fused-ring (bicyclic) bond motifs is 1. The van der Waals surface area contributed by atoms with Crippen LogP contribution in [0.5, 0.6) is 0 Å². The van der Waals surface area contributed by atoms with E-state index in [0.29, 0.717) is 6.54 Å². The van der Waals surface area contributed by atoms with Gasteiger partial charge in [-0.15, -0.1) is 0 Å². The van der Waals surface area contributed by atoms with Gasteiger partial charge in [0.2, 0.25) is 11.9 Å². The summed E-state index contributed by atoms with van der Waals surface area (Å²) in [4.78, 5) is 20.0. The highest BCUT2D eigenvalue weighted by molar-refractivity contribution is 5.80. The molecule has 6 heteroatoms. The van der Waals surface area contributed by atoms with Crippen molar-refractivity contribution in [2.45, 2.75) is 51.5 Å². The molecule has 1 saturated heterocycles. The number of allylic oxidation sites excluding steroid dienone is 1. The summed E-state index contributed by atoms with van der Waals surface area (Å²) >= 11 is 0. The van der Waals surface area contributed by atoms with Gasteiger partial charge in [-0.25, -0.2) is 9.37 Å². The van der Waals surface area contributed by atoms with Crippen LogP contribution in [0.15, 0.2) is 60.2 Å². The number of piperidine rings is 1. The number of carbonyl (C=O) groups is 1. The van der Waals surface area contributed by atoms with Gasteiger partial charge in [0.15, 0.2) is 0 Å². The molecule has 3 aromatic rings. The van der Waals surface area contributed by atoms with Crippen LogP contribution in [0.1, 0.15) is 50.5 Å². The topological polar surface area (TPSA) is 50.2 Å². The third-order valence-electron chi connectivity index (χ3n) is 7.17. The van der Waals surface area contributed by atoms with Gasteiger partial charge < -0.3 is 14.8 Å². The number of benzene rings is 2. The van der Waals surface area contributed by atoms with E-state index in [1.54, 1.807) is 0 Å². The Morgan fingerprint density at radius 2 is 1.85 bits per heavy atom. The van der Waals surface area contributed by atoms with Gasteiger partial charge in [0.25, 0.3) is 0 Å². The third kappa shape index (κ3) is 5.16. The highest BCUT2D eigenvalue weighted by Crippen LogP contribution is 2.28. The maximum Gasteiger partial charge on any atom is 0.223 e. The molecule has 0 radical (unpaired) electrons. The minimum atomic E-state index is -0.227. The van der Waals surface area contributed by atoms with Crippen LogP contribution in [-0.4, -0.2) is 35.1 Å². The first-order valence-corrected chi connectivity index (χ1v) is 12.6. The Labute approximate surface area is 200 Å². The highest BCUT2D eigenvalue weighted by atomic mass is 19.1. The molecule has 1 aliphatic carbocycles. The lowest BCUT2D eigenvalue weighted by atomic mass is 9.95. The summed E-state index contributed by atoms with van der Waals surface area (Å²) in [5.41, 5.74) is 4.56. The molecule has 1 aliphatic heterocycles. The zero-order chi connectivity index (χ0) is 23.3. The van der Waals surface area contributed by atoms with Crippen LogP contribution >= 0.6 is 0 Å².